The minimum Gasteiger partial charge on any atom is -0.462 e. The third-order valence-electron chi connectivity index (χ3n) is 11.4. The summed E-state index contributed by atoms with van der Waals surface area (Å²) in [4.78, 5) is 38.1. The van der Waals surface area contributed by atoms with Gasteiger partial charge in [-0.2, -0.15) is 0 Å². The molecule has 0 aromatic rings. The normalized spacial score (nSPS) is 12.8. The zero-order chi connectivity index (χ0) is 47.9. The first-order chi connectivity index (χ1) is 32.5. The van der Waals surface area contributed by atoms with Crippen LogP contribution in [0.4, 0.5) is 0 Å². The highest BCUT2D eigenvalue weighted by Gasteiger charge is 2.19. The molecule has 0 heterocycles. The Balaban J connectivity index is 4.43. The number of allylic oxidation sites excluding steroid dienone is 16. The van der Waals surface area contributed by atoms with Crippen molar-refractivity contribution in [3.05, 3.63) is 97.2 Å². The summed E-state index contributed by atoms with van der Waals surface area (Å²) in [7, 11) is 0. The van der Waals surface area contributed by atoms with E-state index in [0.29, 0.717) is 19.3 Å². The van der Waals surface area contributed by atoms with E-state index in [1.165, 1.54) is 103 Å². The van der Waals surface area contributed by atoms with Crippen LogP contribution in [0.2, 0.25) is 0 Å². The highest BCUT2D eigenvalue weighted by molar-refractivity contribution is 5.71. The molecular formula is C60H100O6. The molecule has 1 unspecified atom stereocenters. The van der Waals surface area contributed by atoms with Gasteiger partial charge in [0.1, 0.15) is 13.2 Å². The van der Waals surface area contributed by atoms with E-state index in [9.17, 15) is 14.4 Å². The number of hydrogen-bond donors (Lipinski definition) is 0. The van der Waals surface area contributed by atoms with E-state index in [-0.39, 0.29) is 31.1 Å². The Kier molecular flexibility index (Phi) is 50.9. The van der Waals surface area contributed by atoms with Crippen molar-refractivity contribution in [1.29, 1.82) is 0 Å². The standard InChI is InChI=1S/C60H100O6/c1-4-7-10-13-16-19-22-25-27-29-30-31-33-35-38-41-44-47-50-53-59(62)65-56-57(55-64-58(61)52-49-46-43-40-37-34-24-21-18-15-12-9-6-3)66-60(63)54-51-48-45-42-39-36-32-28-26-23-20-17-14-11-8-5-2/h8-9,11-12,15,17-18,20-21,24,26,28-30,34,37,57H,4-7,10,13-14,16,19,22-23,25,27,31-33,35-36,38-56H2,1-3H3/b11-8-,12-9-,18-15-,20-17-,24-21-,28-26-,30-29-,37-34-. The van der Waals surface area contributed by atoms with Crippen LogP contribution in [0.15, 0.2) is 97.2 Å². The van der Waals surface area contributed by atoms with Crippen LogP contribution in [0.5, 0.6) is 0 Å². The fourth-order valence-electron chi connectivity index (χ4n) is 7.34. The van der Waals surface area contributed by atoms with E-state index in [1.54, 1.807) is 0 Å². The molecule has 0 N–H and O–H groups in total. The van der Waals surface area contributed by atoms with Crippen molar-refractivity contribution in [3.8, 4) is 0 Å². The summed E-state index contributed by atoms with van der Waals surface area (Å²) in [5, 5.41) is 0. The predicted octanol–water partition coefficient (Wildman–Crippen LogP) is 18.1. The van der Waals surface area contributed by atoms with Crippen LogP contribution in [-0.4, -0.2) is 37.2 Å². The first-order valence-corrected chi connectivity index (χ1v) is 27.3. The van der Waals surface area contributed by atoms with Gasteiger partial charge in [0.2, 0.25) is 0 Å². The fourth-order valence-corrected chi connectivity index (χ4v) is 7.34. The maximum Gasteiger partial charge on any atom is 0.306 e. The summed E-state index contributed by atoms with van der Waals surface area (Å²) in [6.45, 7) is 6.34. The van der Waals surface area contributed by atoms with E-state index in [1.807, 2.05) is 36.5 Å². The number of rotatable bonds is 48. The van der Waals surface area contributed by atoms with Crippen LogP contribution in [-0.2, 0) is 28.6 Å². The minimum absolute atomic E-state index is 0.0987. The van der Waals surface area contributed by atoms with E-state index in [2.05, 4.69) is 81.5 Å². The maximum atomic E-state index is 12.8. The van der Waals surface area contributed by atoms with Crippen LogP contribution in [0, 0.1) is 0 Å². The highest BCUT2D eigenvalue weighted by atomic mass is 16.6. The lowest BCUT2D eigenvalue weighted by atomic mass is 10.1. The fraction of sp³-hybridized carbons (Fsp3) is 0.683. The van der Waals surface area contributed by atoms with Crippen molar-refractivity contribution in [2.24, 2.45) is 0 Å². The minimum atomic E-state index is -0.803. The Bertz CT molecular complexity index is 1330. The molecule has 0 aliphatic carbocycles. The average Bonchev–Trinajstić information content (AvgIpc) is 3.31. The van der Waals surface area contributed by atoms with Gasteiger partial charge < -0.3 is 14.2 Å². The number of ether oxygens (including phenoxy) is 3. The Morgan fingerprint density at radius 3 is 1.14 bits per heavy atom. The quantitative estimate of drug-likeness (QED) is 0.0199. The van der Waals surface area contributed by atoms with Gasteiger partial charge in [-0.05, 0) is 96.3 Å². The molecule has 0 spiro atoms. The van der Waals surface area contributed by atoms with Crippen LogP contribution >= 0.6 is 0 Å². The van der Waals surface area contributed by atoms with Gasteiger partial charge in [-0.3, -0.25) is 14.4 Å². The molecule has 0 fully saturated rings. The van der Waals surface area contributed by atoms with Crippen LogP contribution in [0.1, 0.15) is 245 Å². The first-order valence-electron chi connectivity index (χ1n) is 27.3. The molecular weight excluding hydrogens is 817 g/mol. The molecule has 6 heteroatoms. The third kappa shape index (κ3) is 51.3. The molecule has 0 aliphatic heterocycles. The smallest absolute Gasteiger partial charge is 0.306 e. The zero-order valence-corrected chi connectivity index (χ0v) is 42.9. The highest BCUT2D eigenvalue weighted by Crippen LogP contribution is 2.14. The first kappa shape index (κ1) is 62.3. The second-order valence-electron chi connectivity index (χ2n) is 17.8. The molecule has 0 rings (SSSR count). The topological polar surface area (TPSA) is 78.9 Å². The Morgan fingerprint density at radius 2 is 0.667 bits per heavy atom. The number of unbranched alkanes of at least 4 members (excludes halogenated alkanes) is 24. The van der Waals surface area contributed by atoms with Crippen LogP contribution in [0.25, 0.3) is 0 Å². The summed E-state index contributed by atoms with van der Waals surface area (Å²) < 4.78 is 16.8. The molecule has 0 saturated carbocycles. The van der Waals surface area contributed by atoms with Crippen molar-refractivity contribution in [3.63, 3.8) is 0 Å². The lowest BCUT2D eigenvalue weighted by Crippen LogP contribution is -2.30. The van der Waals surface area contributed by atoms with Gasteiger partial charge in [0.05, 0.1) is 0 Å². The molecule has 6 nitrogen and oxygen atoms in total. The zero-order valence-electron chi connectivity index (χ0n) is 42.9. The van der Waals surface area contributed by atoms with Crippen LogP contribution < -0.4 is 0 Å². The van der Waals surface area contributed by atoms with E-state index in [4.69, 9.17) is 14.2 Å². The van der Waals surface area contributed by atoms with E-state index >= 15 is 0 Å². The average molecular weight is 917 g/mol. The van der Waals surface area contributed by atoms with Crippen molar-refractivity contribution in [2.45, 2.75) is 252 Å². The number of carbonyl (C=O) groups is 3. The van der Waals surface area contributed by atoms with Gasteiger partial charge in [0.25, 0.3) is 0 Å². The Morgan fingerprint density at radius 1 is 0.333 bits per heavy atom. The lowest BCUT2D eigenvalue weighted by molar-refractivity contribution is -0.167. The molecule has 0 bridgehead atoms. The lowest BCUT2D eigenvalue weighted by Gasteiger charge is -2.18. The second kappa shape index (κ2) is 53.9. The van der Waals surface area contributed by atoms with E-state index < -0.39 is 6.10 Å². The molecule has 376 valence electrons. The van der Waals surface area contributed by atoms with Gasteiger partial charge >= 0.3 is 17.9 Å². The SMILES string of the molecule is CC\C=C/C=C\C=C/C=C\CCCCCC(=O)OCC(COC(=O)CCCCCCCCC/C=C\CCCCCCCCCC)OC(=O)CCCCCCCC/C=C\C/C=C\C/C=C\CC. The molecule has 0 aliphatic rings. The van der Waals surface area contributed by atoms with Gasteiger partial charge in [-0.1, -0.05) is 227 Å². The van der Waals surface area contributed by atoms with Gasteiger partial charge in [-0.15, -0.1) is 0 Å². The largest absolute Gasteiger partial charge is 0.462 e. The maximum absolute atomic E-state index is 12.8. The molecule has 1 atom stereocenters. The number of hydrogen-bond acceptors (Lipinski definition) is 6. The monoisotopic (exact) mass is 917 g/mol. The van der Waals surface area contributed by atoms with Gasteiger partial charge in [-0.25, -0.2) is 0 Å². The van der Waals surface area contributed by atoms with Crippen molar-refractivity contribution >= 4 is 17.9 Å². The second-order valence-corrected chi connectivity index (χ2v) is 17.8. The summed E-state index contributed by atoms with van der Waals surface area (Å²) in [6, 6.07) is 0. The summed E-state index contributed by atoms with van der Waals surface area (Å²) >= 11 is 0. The molecule has 0 saturated heterocycles. The Hall–Kier alpha value is -3.67. The molecule has 66 heavy (non-hydrogen) atoms. The third-order valence-corrected chi connectivity index (χ3v) is 11.4. The van der Waals surface area contributed by atoms with Crippen molar-refractivity contribution in [1.82, 2.24) is 0 Å². The predicted molar refractivity (Wildman–Crippen MR) is 284 cm³/mol. The molecule has 0 amide bonds. The Labute approximate surface area is 407 Å². The van der Waals surface area contributed by atoms with Crippen molar-refractivity contribution < 1.29 is 28.6 Å². The summed E-state index contributed by atoms with van der Waals surface area (Å²) in [5.41, 5.74) is 0. The van der Waals surface area contributed by atoms with E-state index in [0.717, 1.165) is 103 Å². The molecule has 0 radical (unpaired) electrons. The molecule has 0 aromatic heterocycles. The van der Waals surface area contributed by atoms with Gasteiger partial charge in [0, 0.05) is 19.3 Å². The summed E-state index contributed by atoms with van der Waals surface area (Å²) in [6.07, 6.45) is 71.1. The number of carbonyl (C=O) groups excluding carboxylic acids is 3. The van der Waals surface area contributed by atoms with Gasteiger partial charge in [0.15, 0.2) is 6.10 Å². The van der Waals surface area contributed by atoms with Crippen LogP contribution in [0.3, 0.4) is 0 Å². The van der Waals surface area contributed by atoms with Crippen molar-refractivity contribution in [2.75, 3.05) is 13.2 Å². The molecule has 0 aromatic carbocycles. The summed E-state index contributed by atoms with van der Waals surface area (Å²) in [5.74, 6) is -0.957. The number of esters is 3.